The van der Waals surface area contributed by atoms with E-state index in [9.17, 15) is 0 Å². The van der Waals surface area contributed by atoms with Crippen LogP contribution in [0.4, 0.5) is 0 Å². The first-order chi connectivity index (χ1) is 8.11. The number of halogens is 1. The van der Waals surface area contributed by atoms with Crippen LogP contribution in [-0.4, -0.2) is 14.5 Å². The maximum absolute atomic E-state index is 8.86. The van der Waals surface area contributed by atoms with Gasteiger partial charge in [0, 0.05) is 12.6 Å². The topological polar surface area (TPSA) is 54.5 Å². The van der Waals surface area contributed by atoms with Crippen molar-refractivity contribution in [3.63, 3.8) is 0 Å². The quantitative estimate of drug-likeness (QED) is 0.839. The Bertz CT molecular complexity index is 580. The zero-order chi connectivity index (χ0) is 12.4. The van der Waals surface area contributed by atoms with Crippen LogP contribution in [0.1, 0.15) is 19.7 Å². The fraction of sp³-hybridized carbons (Fsp3) is 0.417. The van der Waals surface area contributed by atoms with Crippen LogP contribution in [0.2, 0.25) is 5.02 Å². The predicted molar refractivity (Wildman–Crippen MR) is 66.7 cm³/mol. The van der Waals surface area contributed by atoms with Crippen molar-refractivity contribution in [2.45, 2.75) is 26.8 Å². The van der Waals surface area contributed by atoms with Crippen molar-refractivity contribution in [1.29, 1.82) is 5.26 Å². The molecule has 2 aromatic rings. The highest BCUT2D eigenvalue weighted by Gasteiger charge is 2.13. The van der Waals surface area contributed by atoms with Gasteiger partial charge in [0.15, 0.2) is 5.65 Å². The highest BCUT2D eigenvalue weighted by Crippen LogP contribution is 2.19. The Morgan fingerprint density at radius 1 is 1.53 bits per heavy atom. The Labute approximate surface area is 105 Å². The maximum atomic E-state index is 8.86. The molecular weight excluding hydrogens is 236 g/mol. The lowest BCUT2D eigenvalue weighted by Gasteiger charge is -2.05. The molecular formula is C12H13ClN4. The molecule has 0 unspecified atom stereocenters. The summed E-state index contributed by atoms with van der Waals surface area (Å²) in [6, 6.07) is 3.92. The van der Waals surface area contributed by atoms with Crippen molar-refractivity contribution >= 4 is 22.8 Å². The molecule has 0 aliphatic carbocycles. The standard InChI is InChI=1S/C12H13ClN4/c1-8(2)5-11-16-10-6-9(13)7-15-12(10)17(11)4-3-14/h6-8H,4-5H2,1-2H3. The number of hydrogen-bond donors (Lipinski definition) is 0. The third kappa shape index (κ3) is 2.40. The fourth-order valence-corrected chi connectivity index (χ4v) is 1.94. The number of pyridine rings is 1. The number of nitriles is 1. The third-order valence-electron chi connectivity index (χ3n) is 2.45. The van der Waals surface area contributed by atoms with Gasteiger partial charge in [0.1, 0.15) is 17.9 Å². The van der Waals surface area contributed by atoms with Crippen molar-refractivity contribution in [3.8, 4) is 6.07 Å². The average Bonchev–Trinajstić information content (AvgIpc) is 2.55. The monoisotopic (exact) mass is 248 g/mol. The summed E-state index contributed by atoms with van der Waals surface area (Å²) in [6.07, 6.45) is 2.41. The molecule has 0 fully saturated rings. The second kappa shape index (κ2) is 4.72. The first-order valence-electron chi connectivity index (χ1n) is 5.49. The summed E-state index contributed by atoms with van der Waals surface area (Å²) in [6.45, 7) is 4.51. The molecule has 0 saturated carbocycles. The second-order valence-corrected chi connectivity index (χ2v) is 4.80. The van der Waals surface area contributed by atoms with Gasteiger partial charge in [-0.1, -0.05) is 25.4 Å². The average molecular weight is 249 g/mol. The summed E-state index contributed by atoms with van der Waals surface area (Å²) < 4.78 is 1.85. The van der Waals surface area contributed by atoms with E-state index in [0.717, 1.165) is 23.4 Å². The van der Waals surface area contributed by atoms with Gasteiger partial charge < -0.3 is 0 Å². The van der Waals surface area contributed by atoms with E-state index >= 15 is 0 Å². The molecule has 0 saturated heterocycles. The first kappa shape index (κ1) is 11.9. The summed E-state index contributed by atoms with van der Waals surface area (Å²) in [5.74, 6) is 1.38. The number of fused-ring (bicyclic) bond motifs is 1. The van der Waals surface area contributed by atoms with Crippen LogP contribution >= 0.6 is 11.6 Å². The Balaban J connectivity index is 2.58. The molecule has 17 heavy (non-hydrogen) atoms. The zero-order valence-electron chi connectivity index (χ0n) is 9.81. The van der Waals surface area contributed by atoms with Crippen LogP contribution in [0.3, 0.4) is 0 Å². The minimum atomic E-state index is 0.271. The molecule has 0 aromatic carbocycles. The Morgan fingerprint density at radius 2 is 2.29 bits per heavy atom. The highest BCUT2D eigenvalue weighted by molar-refractivity contribution is 6.31. The van der Waals surface area contributed by atoms with Crippen molar-refractivity contribution < 1.29 is 0 Å². The number of nitrogens with zero attached hydrogens (tertiary/aromatic N) is 4. The minimum absolute atomic E-state index is 0.271. The van der Waals surface area contributed by atoms with Gasteiger partial charge in [-0.2, -0.15) is 5.26 Å². The van der Waals surface area contributed by atoms with Gasteiger partial charge in [-0.15, -0.1) is 0 Å². The van der Waals surface area contributed by atoms with Gasteiger partial charge in [-0.3, -0.25) is 4.57 Å². The van der Waals surface area contributed by atoms with Crippen molar-refractivity contribution in [3.05, 3.63) is 23.1 Å². The molecule has 0 N–H and O–H groups in total. The van der Waals surface area contributed by atoms with Gasteiger partial charge in [0.05, 0.1) is 11.1 Å². The van der Waals surface area contributed by atoms with Crippen LogP contribution in [0.5, 0.6) is 0 Å². The summed E-state index contributed by atoms with van der Waals surface area (Å²) in [4.78, 5) is 8.74. The Hall–Kier alpha value is -1.60. The van der Waals surface area contributed by atoms with Crippen LogP contribution in [0.25, 0.3) is 11.2 Å². The molecule has 0 bridgehead atoms. The highest BCUT2D eigenvalue weighted by atomic mass is 35.5. The fourth-order valence-electron chi connectivity index (χ4n) is 1.79. The zero-order valence-corrected chi connectivity index (χ0v) is 10.6. The Kier molecular flexibility index (Phi) is 3.30. The number of imidazole rings is 1. The molecule has 0 atom stereocenters. The summed E-state index contributed by atoms with van der Waals surface area (Å²) in [5, 5.41) is 9.42. The molecule has 0 radical (unpaired) electrons. The van der Waals surface area contributed by atoms with Crippen LogP contribution in [-0.2, 0) is 13.0 Å². The number of aromatic nitrogens is 3. The van der Waals surface area contributed by atoms with Gasteiger partial charge in [-0.25, -0.2) is 9.97 Å². The lowest BCUT2D eigenvalue weighted by atomic mass is 10.1. The van der Waals surface area contributed by atoms with E-state index in [2.05, 4.69) is 29.9 Å². The third-order valence-corrected chi connectivity index (χ3v) is 2.66. The van der Waals surface area contributed by atoms with E-state index in [-0.39, 0.29) is 6.54 Å². The van der Waals surface area contributed by atoms with Crippen LogP contribution < -0.4 is 0 Å². The van der Waals surface area contributed by atoms with Crippen LogP contribution in [0.15, 0.2) is 12.3 Å². The van der Waals surface area contributed by atoms with E-state index < -0.39 is 0 Å². The van der Waals surface area contributed by atoms with Gasteiger partial charge >= 0.3 is 0 Å². The second-order valence-electron chi connectivity index (χ2n) is 4.37. The molecule has 88 valence electrons. The molecule has 2 heterocycles. The molecule has 4 nitrogen and oxygen atoms in total. The largest absolute Gasteiger partial charge is 0.299 e. The summed E-state index contributed by atoms with van der Waals surface area (Å²) in [5.41, 5.74) is 1.48. The van der Waals surface area contributed by atoms with Gasteiger partial charge in [0.25, 0.3) is 0 Å². The number of rotatable bonds is 3. The van der Waals surface area contributed by atoms with E-state index in [1.807, 2.05) is 4.57 Å². The van der Waals surface area contributed by atoms with Gasteiger partial charge in [0.2, 0.25) is 0 Å². The summed E-state index contributed by atoms with van der Waals surface area (Å²) in [7, 11) is 0. The predicted octanol–water partition coefficient (Wildman–Crippen LogP) is 2.81. The smallest absolute Gasteiger partial charge is 0.161 e. The van der Waals surface area contributed by atoms with Crippen LogP contribution in [0, 0.1) is 17.2 Å². The van der Waals surface area contributed by atoms with E-state index in [1.54, 1.807) is 12.3 Å². The molecule has 2 aromatic heterocycles. The number of hydrogen-bond acceptors (Lipinski definition) is 3. The molecule has 0 spiro atoms. The molecule has 0 amide bonds. The van der Waals surface area contributed by atoms with E-state index in [0.29, 0.717) is 10.9 Å². The Morgan fingerprint density at radius 3 is 2.94 bits per heavy atom. The summed E-state index contributed by atoms with van der Waals surface area (Å²) >= 11 is 5.89. The SMILES string of the molecule is CC(C)Cc1nc2cc(Cl)cnc2n1CC#N. The van der Waals surface area contributed by atoms with Crippen molar-refractivity contribution in [1.82, 2.24) is 14.5 Å². The van der Waals surface area contributed by atoms with Crippen molar-refractivity contribution in [2.75, 3.05) is 0 Å². The lowest BCUT2D eigenvalue weighted by Crippen LogP contribution is -2.06. The molecule has 0 aliphatic heterocycles. The first-order valence-corrected chi connectivity index (χ1v) is 5.87. The lowest BCUT2D eigenvalue weighted by molar-refractivity contribution is 0.597. The minimum Gasteiger partial charge on any atom is -0.299 e. The van der Waals surface area contributed by atoms with Crippen molar-refractivity contribution in [2.24, 2.45) is 5.92 Å². The van der Waals surface area contributed by atoms with E-state index in [4.69, 9.17) is 16.9 Å². The normalized spacial score (nSPS) is 11.0. The maximum Gasteiger partial charge on any atom is 0.161 e. The molecule has 2 rings (SSSR count). The van der Waals surface area contributed by atoms with E-state index in [1.165, 1.54) is 0 Å². The van der Waals surface area contributed by atoms with Gasteiger partial charge in [-0.05, 0) is 12.0 Å². The molecule has 5 heteroatoms. The molecule has 0 aliphatic rings.